The topological polar surface area (TPSA) is 344 Å². The smallest absolute Gasteiger partial charge is 0.387 e. The molecule has 0 amide bonds. The van der Waals surface area contributed by atoms with Gasteiger partial charge in [-0.05, 0) is 13.0 Å². The van der Waals surface area contributed by atoms with Gasteiger partial charge in [0.1, 0.15) is 42.6 Å². The van der Waals surface area contributed by atoms with Crippen molar-refractivity contribution < 1.29 is 70.8 Å². The molecule has 4 heterocycles. The highest BCUT2D eigenvalue weighted by molar-refractivity contribution is 7.47. The Balaban J connectivity index is 1.50. The van der Waals surface area contributed by atoms with E-state index in [1.54, 1.807) is 0 Å². The maximum absolute atomic E-state index is 12.9. The maximum Gasteiger partial charge on any atom is 0.472 e. The summed E-state index contributed by atoms with van der Waals surface area (Å²) < 4.78 is 67.4. The number of ether oxygens (including phenoxy) is 2. The first-order chi connectivity index (χ1) is 20.7. The van der Waals surface area contributed by atoms with E-state index in [1.807, 2.05) is 4.98 Å². The van der Waals surface area contributed by atoms with E-state index in [1.165, 1.54) is 6.92 Å². The molecule has 45 heavy (non-hydrogen) atoms. The van der Waals surface area contributed by atoms with Crippen molar-refractivity contribution in [2.45, 2.75) is 56.3 Å². The summed E-state index contributed by atoms with van der Waals surface area (Å²) in [6, 6.07) is 1.14. The highest BCUT2D eigenvalue weighted by atomic mass is 32.2. The molecule has 9 N–H and O–H groups in total. The van der Waals surface area contributed by atoms with Gasteiger partial charge in [0.2, 0.25) is 0 Å². The van der Waals surface area contributed by atoms with Crippen LogP contribution in [0.5, 0.6) is 0 Å². The van der Waals surface area contributed by atoms with Gasteiger partial charge in [-0.3, -0.25) is 37.0 Å². The van der Waals surface area contributed by atoms with Crippen LogP contribution in [0.1, 0.15) is 24.4 Å². The number of H-pyrrole nitrogens is 1. The molecule has 2 saturated heterocycles. The van der Waals surface area contributed by atoms with Gasteiger partial charge in [0.25, 0.3) is 5.56 Å². The monoisotopic (exact) mass is 708 g/mol. The van der Waals surface area contributed by atoms with Gasteiger partial charge < -0.3 is 44.8 Å². The second-order valence-corrected chi connectivity index (χ2v) is 13.5. The SMILES string of the molecule is Cc1cn([C@H]2C[C@H](OP(=O)(O)OC[C@H]3O[C@@H](n4ccc(N)nc4=O)[C@H](OP(=O)(O)O)[C@@H]3O)[C@@H](CO[32P](=O)(O)O)O2)c(=O)[nH]c1=O. The van der Waals surface area contributed by atoms with Crippen molar-refractivity contribution in [2.24, 2.45) is 0 Å². The van der Waals surface area contributed by atoms with Gasteiger partial charge in [-0.15, -0.1) is 0 Å². The average Bonchev–Trinajstić information content (AvgIpc) is 3.42. The number of nitrogen functional groups attached to an aromatic ring is 1. The van der Waals surface area contributed by atoms with E-state index in [0.29, 0.717) is 4.57 Å². The molecule has 2 fully saturated rings. The minimum Gasteiger partial charge on any atom is -0.387 e. The number of hydrogen-bond donors (Lipinski definition) is 8. The Kier molecular flexibility index (Phi) is 10.5. The summed E-state index contributed by atoms with van der Waals surface area (Å²) in [5.41, 5.74) is 2.85. The number of phosphoric acid groups is 3. The molecule has 0 aliphatic carbocycles. The number of rotatable bonds is 12. The minimum atomic E-state index is -5.29. The zero-order valence-corrected chi connectivity index (χ0v) is 25.4. The Bertz CT molecular complexity index is 1720. The first kappa shape index (κ1) is 35.4. The third-order valence-corrected chi connectivity index (χ3v) is 8.43. The number of phosphoric ester groups is 3. The molecule has 2 aromatic rings. The van der Waals surface area contributed by atoms with Gasteiger partial charge in [0.05, 0.1) is 13.2 Å². The van der Waals surface area contributed by atoms with Crippen LogP contribution >= 0.6 is 23.5 Å². The van der Waals surface area contributed by atoms with Crippen LogP contribution in [-0.2, 0) is 41.3 Å². The molecule has 0 bridgehead atoms. The zero-order chi connectivity index (χ0) is 33.5. The third-order valence-electron chi connectivity index (χ3n) is 6.41. The van der Waals surface area contributed by atoms with Crippen molar-refractivity contribution in [3.8, 4) is 0 Å². The number of nitrogens with zero attached hydrogens (tertiary/aromatic N) is 3. The second-order valence-electron chi connectivity index (χ2n) is 9.70. The van der Waals surface area contributed by atoms with Crippen molar-refractivity contribution in [2.75, 3.05) is 18.9 Å². The van der Waals surface area contributed by atoms with Crippen LogP contribution in [0, 0.1) is 6.92 Å². The van der Waals surface area contributed by atoms with Gasteiger partial charge in [-0.1, -0.05) is 0 Å². The number of aliphatic hydroxyl groups is 1. The van der Waals surface area contributed by atoms with Gasteiger partial charge in [0, 0.05) is 24.4 Å². The molecule has 26 heteroatoms. The van der Waals surface area contributed by atoms with Gasteiger partial charge in [-0.2, -0.15) is 4.98 Å². The Morgan fingerprint density at radius 2 is 1.67 bits per heavy atom. The van der Waals surface area contributed by atoms with Crippen molar-refractivity contribution in [3.05, 3.63) is 55.3 Å². The fourth-order valence-electron chi connectivity index (χ4n) is 4.44. The Morgan fingerprint density at radius 3 is 2.29 bits per heavy atom. The number of aryl methyl sites for hydroxylation is 1. The number of nitrogens with one attached hydrogen (secondary N) is 1. The summed E-state index contributed by atoms with van der Waals surface area (Å²) >= 11 is 0. The molecule has 1 unspecified atom stereocenters. The van der Waals surface area contributed by atoms with Gasteiger partial charge in [0.15, 0.2) is 6.23 Å². The van der Waals surface area contributed by atoms with Crippen LogP contribution in [0.15, 0.2) is 32.8 Å². The molecule has 0 spiro atoms. The molecule has 0 saturated carbocycles. The summed E-state index contributed by atoms with van der Waals surface area (Å²) in [4.78, 5) is 89.1. The normalized spacial score (nSPS) is 28.7. The minimum absolute atomic E-state index is 0.0909. The van der Waals surface area contributed by atoms with Crippen molar-refractivity contribution in [1.29, 1.82) is 0 Å². The fourth-order valence-corrected chi connectivity index (χ4v) is 6.29. The molecule has 0 aromatic carbocycles. The van der Waals surface area contributed by atoms with Crippen molar-refractivity contribution in [1.82, 2.24) is 19.1 Å². The van der Waals surface area contributed by atoms with E-state index in [9.17, 15) is 47.9 Å². The van der Waals surface area contributed by atoms with Crippen LogP contribution in [0.2, 0.25) is 0 Å². The predicted molar refractivity (Wildman–Crippen MR) is 143 cm³/mol. The first-order valence-corrected chi connectivity index (χ1v) is 17.0. The molecule has 2 aromatic heterocycles. The lowest BCUT2D eigenvalue weighted by molar-refractivity contribution is -0.0607. The highest BCUT2D eigenvalue weighted by Crippen LogP contribution is 2.50. The summed E-state index contributed by atoms with van der Waals surface area (Å²) in [7, 11) is -15.6. The summed E-state index contributed by atoms with van der Waals surface area (Å²) in [6.07, 6.45) is -9.79. The second kappa shape index (κ2) is 13.4. The number of aliphatic hydroxyl groups excluding tert-OH is 1. The molecule has 23 nitrogen and oxygen atoms in total. The summed E-state index contributed by atoms with van der Waals surface area (Å²) in [6.45, 7) is -0.509. The molecule has 2 aliphatic rings. The van der Waals surface area contributed by atoms with Crippen LogP contribution in [0.25, 0.3) is 0 Å². The molecule has 252 valence electrons. The van der Waals surface area contributed by atoms with Gasteiger partial charge in [-0.25, -0.2) is 23.3 Å². The summed E-state index contributed by atoms with van der Waals surface area (Å²) in [5.74, 6) is -0.205. The van der Waals surface area contributed by atoms with Crippen LogP contribution in [0.3, 0.4) is 0 Å². The van der Waals surface area contributed by atoms with E-state index >= 15 is 0 Å². The highest BCUT2D eigenvalue weighted by Gasteiger charge is 2.50. The molecule has 8 atom stereocenters. The van der Waals surface area contributed by atoms with E-state index in [2.05, 4.69) is 14.0 Å². The Morgan fingerprint density at radius 1 is 1.00 bits per heavy atom. The quantitative estimate of drug-likeness (QED) is 0.104. The standard InChI is InChI=1S/C19H28N5O18P3/c1-8-5-24(19(28)22-16(8)26)13-4-9(10(39-13)6-37-43(29,30)31)41-45(35,36)38-7-11-14(25)15(42-44(32,33)34)17(40-11)23-3-2-12(20)21-18(23)27/h2-3,5,9-11,13-15,17,25H,4,6-7H2,1H3,(H,35,36)(H2,20,21,27)(H,22,26,28)(H2,29,30,31)(H2,32,33,34)/t9-,10+,11+,13+,14+,15+,17+/m0/s1/i43+1. The average molecular weight is 708 g/mol. The number of hydrogen-bond acceptors (Lipinski definition) is 15. The van der Waals surface area contributed by atoms with Gasteiger partial charge >= 0.3 is 34.8 Å². The molecule has 0 radical (unpaired) electrons. The molecular weight excluding hydrogens is 680 g/mol. The molecule has 4 rings (SSSR count). The van der Waals surface area contributed by atoms with E-state index < -0.39 is 103 Å². The van der Waals surface area contributed by atoms with E-state index in [0.717, 1.165) is 23.0 Å². The predicted octanol–water partition coefficient (Wildman–Crippen LogP) is -2.68. The Labute approximate surface area is 250 Å². The zero-order valence-electron chi connectivity index (χ0n) is 22.7. The van der Waals surface area contributed by atoms with E-state index in [4.69, 9.17) is 34.0 Å². The fraction of sp³-hybridized carbons (Fsp3) is 0.579. The van der Waals surface area contributed by atoms with Crippen LogP contribution < -0.4 is 22.7 Å². The maximum atomic E-state index is 12.9. The van der Waals surface area contributed by atoms with E-state index in [-0.39, 0.29) is 11.4 Å². The number of nitrogens with two attached hydrogens (primary N) is 1. The lowest BCUT2D eigenvalue weighted by Gasteiger charge is -2.23. The number of anilines is 1. The van der Waals surface area contributed by atoms with Crippen LogP contribution in [-0.4, -0.2) is 92.4 Å². The molecular formula is C19H28N5O18P3. The Hall–Kier alpha value is -2.43. The number of aromatic nitrogens is 4. The lowest BCUT2D eigenvalue weighted by atomic mass is 10.1. The largest absolute Gasteiger partial charge is 0.472 e. The van der Waals surface area contributed by atoms with Crippen LogP contribution in [0.4, 0.5) is 5.82 Å². The van der Waals surface area contributed by atoms with Crippen molar-refractivity contribution >= 4 is 29.3 Å². The van der Waals surface area contributed by atoms with Crippen molar-refractivity contribution in [3.63, 3.8) is 0 Å². The lowest BCUT2D eigenvalue weighted by Crippen LogP contribution is -2.37. The number of aromatic amines is 1. The summed E-state index contributed by atoms with van der Waals surface area (Å²) in [5, 5.41) is 10.7. The third kappa shape index (κ3) is 9.10. The molecule has 2 aliphatic heterocycles. The first-order valence-electron chi connectivity index (χ1n) is 12.5.